The van der Waals surface area contributed by atoms with Gasteiger partial charge in [0.25, 0.3) is 5.69 Å². The Morgan fingerprint density at radius 2 is 2.00 bits per heavy atom. The summed E-state index contributed by atoms with van der Waals surface area (Å²) in [6.07, 6.45) is 1.53. The van der Waals surface area contributed by atoms with Gasteiger partial charge in [0, 0.05) is 11.6 Å². The van der Waals surface area contributed by atoms with Crippen molar-refractivity contribution in [2.45, 2.75) is 6.61 Å². The number of hydrogen-bond donors (Lipinski definition) is 1. The van der Waals surface area contributed by atoms with E-state index in [1.165, 1.54) is 18.3 Å². The fourth-order valence-electron chi connectivity index (χ4n) is 2.15. The topological polar surface area (TPSA) is 121 Å². The van der Waals surface area contributed by atoms with Gasteiger partial charge in [-0.2, -0.15) is 0 Å². The van der Waals surface area contributed by atoms with Gasteiger partial charge in [0.15, 0.2) is 12.4 Å². The molecule has 8 heteroatoms. The molecule has 2 N–H and O–H groups in total. The van der Waals surface area contributed by atoms with E-state index in [-0.39, 0.29) is 29.4 Å². The molecule has 126 valence electrons. The number of anilines is 1. The molecule has 8 nitrogen and oxygen atoms in total. The van der Waals surface area contributed by atoms with Crippen LogP contribution in [0, 0.1) is 10.1 Å². The van der Waals surface area contributed by atoms with Gasteiger partial charge in [-0.3, -0.25) is 10.1 Å². The first-order valence-electron chi connectivity index (χ1n) is 7.26. The lowest BCUT2D eigenvalue weighted by Crippen LogP contribution is -2.07. The molecule has 1 heterocycles. The zero-order valence-corrected chi connectivity index (χ0v) is 12.9. The Hall–Kier alpha value is -3.68. The third kappa shape index (κ3) is 3.63. The van der Waals surface area contributed by atoms with Crippen molar-refractivity contribution < 1.29 is 18.9 Å². The van der Waals surface area contributed by atoms with Crippen molar-refractivity contribution in [3.05, 3.63) is 76.3 Å². The minimum atomic E-state index is -0.734. The number of nitro groups is 1. The van der Waals surface area contributed by atoms with Gasteiger partial charge < -0.3 is 14.9 Å². The summed E-state index contributed by atoms with van der Waals surface area (Å²) in [5.41, 5.74) is 5.99. The predicted octanol–water partition coefficient (Wildman–Crippen LogP) is 3.19. The summed E-state index contributed by atoms with van der Waals surface area (Å²) < 4.78 is 10.6. The second-order valence-electron chi connectivity index (χ2n) is 5.09. The lowest BCUT2D eigenvalue weighted by atomic mass is 10.2. The molecule has 1 aromatic heterocycles. The number of oxazole rings is 1. The van der Waals surface area contributed by atoms with Crippen LogP contribution >= 0.6 is 0 Å². The lowest BCUT2D eigenvalue weighted by molar-refractivity contribution is -0.383. The number of esters is 1. The third-order valence-corrected chi connectivity index (χ3v) is 3.40. The van der Waals surface area contributed by atoms with Gasteiger partial charge in [0.2, 0.25) is 5.89 Å². The van der Waals surface area contributed by atoms with E-state index in [1.54, 1.807) is 0 Å². The highest BCUT2D eigenvalue weighted by molar-refractivity contribution is 5.91. The highest BCUT2D eigenvalue weighted by Crippen LogP contribution is 2.23. The van der Waals surface area contributed by atoms with Crippen LogP contribution in [0.5, 0.6) is 0 Å². The molecule has 0 atom stereocenters. The Morgan fingerprint density at radius 3 is 2.72 bits per heavy atom. The van der Waals surface area contributed by atoms with E-state index in [0.29, 0.717) is 5.76 Å². The summed E-state index contributed by atoms with van der Waals surface area (Å²) >= 11 is 0. The van der Waals surface area contributed by atoms with Crippen molar-refractivity contribution in [1.29, 1.82) is 0 Å². The van der Waals surface area contributed by atoms with E-state index in [1.807, 2.05) is 30.3 Å². The molecule has 3 aromatic rings. The van der Waals surface area contributed by atoms with Crippen LogP contribution in [-0.2, 0) is 11.3 Å². The highest BCUT2D eigenvalue weighted by Gasteiger charge is 2.17. The largest absolute Gasteiger partial charge is 0.452 e. The van der Waals surface area contributed by atoms with Crippen LogP contribution in [0.3, 0.4) is 0 Å². The number of carbonyl (C=O) groups excluding carboxylic acids is 1. The number of hydrogen-bond acceptors (Lipinski definition) is 7. The maximum Gasteiger partial charge on any atom is 0.338 e. The van der Waals surface area contributed by atoms with Crippen LogP contribution in [0.1, 0.15) is 16.2 Å². The van der Waals surface area contributed by atoms with Crippen molar-refractivity contribution in [2.24, 2.45) is 0 Å². The van der Waals surface area contributed by atoms with Crippen molar-refractivity contribution in [1.82, 2.24) is 4.98 Å². The number of nitrogens with zero attached hydrogens (tertiary/aromatic N) is 2. The number of carbonyl (C=O) groups is 1. The zero-order chi connectivity index (χ0) is 17.8. The number of aromatic nitrogens is 1. The van der Waals surface area contributed by atoms with E-state index in [0.717, 1.165) is 11.6 Å². The molecule has 0 aliphatic heterocycles. The van der Waals surface area contributed by atoms with E-state index < -0.39 is 10.9 Å². The van der Waals surface area contributed by atoms with Crippen LogP contribution < -0.4 is 5.73 Å². The van der Waals surface area contributed by atoms with Gasteiger partial charge in [-0.15, -0.1) is 0 Å². The van der Waals surface area contributed by atoms with Gasteiger partial charge in [-0.05, 0) is 12.1 Å². The van der Waals surface area contributed by atoms with E-state index in [2.05, 4.69) is 4.98 Å². The Labute approximate surface area is 142 Å². The molecule has 0 amide bonds. The van der Waals surface area contributed by atoms with Crippen LogP contribution in [0.15, 0.2) is 59.1 Å². The second kappa shape index (κ2) is 6.83. The fraction of sp³-hybridized carbons (Fsp3) is 0.0588. The Balaban J connectivity index is 1.68. The van der Waals surface area contributed by atoms with Crippen molar-refractivity contribution in [2.75, 3.05) is 5.73 Å². The molecule has 3 rings (SSSR count). The normalized spacial score (nSPS) is 10.4. The average Bonchev–Trinajstić information content (AvgIpc) is 3.09. The number of rotatable bonds is 5. The smallest absolute Gasteiger partial charge is 0.338 e. The van der Waals surface area contributed by atoms with Gasteiger partial charge >= 0.3 is 5.97 Å². The Kier molecular flexibility index (Phi) is 4.42. The summed E-state index contributed by atoms with van der Waals surface area (Å²) in [6, 6.07) is 13.1. The molecule has 0 saturated carbocycles. The fourth-order valence-corrected chi connectivity index (χ4v) is 2.15. The van der Waals surface area contributed by atoms with Gasteiger partial charge in [-0.1, -0.05) is 30.3 Å². The van der Waals surface area contributed by atoms with Crippen molar-refractivity contribution in [3.8, 4) is 11.3 Å². The van der Waals surface area contributed by atoms with E-state index in [9.17, 15) is 14.9 Å². The molecule has 0 radical (unpaired) electrons. The molecule has 0 aliphatic rings. The monoisotopic (exact) mass is 339 g/mol. The molecule has 0 unspecified atom stereocenters. The summed E-state index contributed by atoms with van der Waals surface area (Å²) in [6.45, 7) is -0.191. The molecule has 0 saturated heterocycles. The van der Waals surface area contributed by atoms with Crippen LogP contribution in [0.25, 0.3) is 11.3 Å². The Morgan fingerprint density at radius 1 is 1.24 bits per heavy atom. The molecular formula is C17H13N3O5. The molecule has 0 fully saturated rings. The summed E-state index contributed by atoms with van der Waals surface area (Å²) in [7, 11) is 0. The molecule has 0 aliphatic carbocycles. The molecule has 25 heavy (non-hydrogen) atoms. The summed E-state index contributed by atoms with van der Waals surface area (Å²) in [4.78, 5) is 26.3. The summed E-state index contributed by atoms with van der Waals surface area (Å²) in [5.74, 6) is 0.0366. The quantitative estimate of drug-likeness (QED) is 0.328. The maximum atomic E-state index is 12.0. The SMILES string of the molecule is Nc1ccc(C(=O)OCc2ncc(-c3ccccc3)o2)cc1[N+](=O)[O-]. The van der Waals surface area contributed by atoms with Gasteiger partial charge in [-0.25, -0.2) is 9.78 Å². The van der Waals surface area contributed by atoms with Crippen molar-refractivity contribution in [3.63, 3.8) is 0 Å². The van der Waals surface area contributed by atoms with Crippen LogP contribution in [0.4, 0.5) is 11.4 Å². The van der Waals surface area contributed by atoms with Crippen LogP contribution in [0.2, 0.25) is 0 Å². The first-order chi connectivity index (χ1) is 12.0. The molecular weight excluding hydrogens is 326 g/mol. The first kappa shape index (κ1) is 16.2. The van der Waals surface area contributed by atoms with Gasteiger partial charge in [0.05, 0.1) is 16.7 Å². The standard InChI is InChI=1S/C17H13N3O5/c18-13-7-6-12(8-14(13)20(22)23)17(21)24-10-16-19-9-15(25-16)11-4-2-1-3-5-11/h1-9H,10,18H2. The first-order valence-corrected chi connectivity index (χ1v) is 7.26. The zero-order valence-electron chi connectivity index (χ0n) is 12.9. The van der Waals surface area contributed by atoms with E-state index >= 15 is 0 Å². The number of nitrogens with two attached hydrogens (primary N) is 1. The number of nitro benzene ring substituents is 1. The Bertz CT molecular complexity index is 921. The van der Waals surface area contributed by atoms with Gasteiger partial charge in [0.1, 0.15) is 5.69 Å². The summed E-state index contributed by atoms with van der Waals surface area (Å²) in [5, 5.41) is 10.9. The molecule has 2 aromatic carbocycles. The second-order valence-corrected chi connectivity index (χ2v) is 5.09. The highest BCUT2D eigenvalue weighted by atomic mass is 16.6. The predicted molar refractivity (Wildman–Crippen MR) is 88.6 cm³/mol. The van der Waals surface area contributed by atoms with E-state index in [4.69, 9.17) is 14.9 Å². The number of benzene rings is 2. The van der Waals surface area contributed by atoms with Crippen molar-refractivity contribution >= 4 is 17.3 Å². The number of ether oxygens (including phenoxy) is 1. The maximum absolute atomic E-state index is 12.0. The molecule has 0 spiro atoms. The average molecular weight is 339 g/mol. The third-order valence-electron chi connectivity index (χ3n) is 3.40. The minimum absolute atomic E-state index is 0.0238. The van der Waals surface area contributed by atoms with Crippen LogP contribution in [-0.4, -0.2) is 15.9 Å². The molecule has 0 bridgehead atoms. The minimum Gasteiger partial charge on any atom is -0.452 e. The number of nitrogen functional groups attached to an aromatic ring is 1. The lowest BCUT2D eigenvalue weighted by Gasteiger charge is -2.03.